The van der Waals surface area contributed by atoms with Crippen LogP contribution in [0, 0.1) is 41.4 Å². The van der Waals surface area contributed by atoms with Gasteiger partial charge in [-0.15, -0.1) is 0 Å². The Morgan fingerprint density at radius 2 is 0.746 bits per heavy atom. The quantitative estimate of drug-likeness (QED) is 0.0147. The summed E-state index contributed by atoms with van der Waals surface area (Å²) >= 11 is 5.89. The molecule has 0 aliphatic carbocycles. The maximum atomic E-state index is 14.7. The third kappa shape index (κ3) is 47.1. The standard InChI is InChI=1S/C86H149N25O17S2/c1-46(2)33-59(73(116)97-43-69(113)100-58(27-22-31-95-86(91)92)75(118)109-66(84(127)128)39-53-23-17-16-18-24-53)102-76(119)60(34-47(3)4)103-77(120)61(35-48(5)6)104-78(121)62(36-49(7)8)105-79(122)63(37-50(9)10)106-80(123)64(38-51(11)12)107-82(125)67(44-129)110-83(126)70(52(13)14)111-81(124)65(40-54-41-93-45-98-54)108-74(117)57(25-19-20-29-87)99-68(112)42-96-72(115)56(26-21-30-94-85(89)90)101-71(114)55(88)28-32-130-15/h16-18,23-24,41,45-52,55-67,70,129H,19-22,25-40,42-44,87-88H2,1-15H3,(H,93,98)(H,96,115)(H,97,116)(H,99,112)(H,100,113)(H,101,114)(H,102,119)(H,103,120)(H,104,121)(H,105,122)(H,106,123)(H,107,125)(H,108,117)(H,109,118)(H,110,126)(H,111,124)(H,127,128)(H4,89,90,94)(H4,91,92,95)/t55-,56-,57-,58-,59-,60-,61-,62-,63-,64-,65-,66-,67-,70-/m0/s1. The molecule has 1 aromatic heterocycles. The normalized spacial score (nSPS) is 14.6. The third-order valence-electron chi connectivity index (χ3n) is 20.2. The fraction of sp³-hybridized carbons (Fsp3) is 0.686. The largest absolute Gasteiger partial charge is 0.480 e. The van der Waals surface area contributed by atoms with Gasteiger partial charge in [0.15, 0.2) is 11.9 Å². The summed E-state index contributed by atoms with van der Waals surface area (Å²) in [5.41, 5.74) is 34.8. The van der Waals surface area contributed by atoms with E-state index in [1.165, 1.54) is 24.3 Å². The molecule has 0 bridgehead atoms. The first-order valence-corrected chi connectivity index (χ1v) is 46.6. The number of guanidine groups is 2. The summed E-state index contributed by atoms with van der Waals surface area (Å²) in [5.74, 6) is -15.4. The molecule has 0 saturated heterocycles. The average molecular weight is 1870 g/mol. The molecule has 29 N–H and O–H groups in total. The van der Waals surface area contributed by atoms with Crippen molar-refractivity contribution in [1.82, 2.24) is 89.7 Å². The number of carbonyl (C=O) groups is 16. The second-order valence-electron chi connectivity index (χ2n) is 35.4. The van der Waals surface area contributed by atoms with Crippen LogP contribution in [0.5, 0.6) is 0 Å². The Bertz CT molecular complexity index is 3980. The number of amides is 15. The summed E-state index contributed by atoms with van der Waals surface area (Å²) in [6.07, 6.45) is 6.20. The van der Waals surface area contributed by atoms with Crippen molar-refractivity contribution < 1.29 is 81.8 Å². The number of nitrogens with two attached hydrogens (primary N) is 6. The van der Waals surface area contributed by atoms with Crippen molar-refractivity contribution in [3.63, 3.8) is 0 Å². The van der Waals surface area contributed by atoms with Crippen LogP contribution in [-0.4, -0.2) is 257 Å². The number of aromatic amines is 1. The zero-order chi connectivity index (χ0) is 98.0. The fourth-order valence-electron chi connectivity index (χ4n) is 13.5. The number of aliphatic imine (C=N–C) groups is 2. The van der Waals surface area contributed by atoms with Crippen LogP contribution >= 0.6 is 24.4 Å². The van der Waals surface area contributed by atoms with E-state index in [2.05, 4.69) is 112 Å². The summed E-state index contributed by atoms with van der Waals surface area (Å²) in [7, 11) is 0. The molecule has 42 nitrogen and oxygen atoms in total. The molecule has 2 rings (SSSR count). The lowest BCUT2D eigenvalue weighted by molar-refractivity contribution is -0.142. The summed E-state index contributed by atoms with van der Waals surface area (Å²) in [6, 6.07) is -9.55. The van der Waals surface area contributed by atoms with E-state index in [9.17, 15) is 81.8 Å². The minimum Gasteiger partial charge on any atom is -0.480 e. The summed E-state index contributed by atoms with van der Waals surface area (Å²) in [4.78, 5) is 240. The van der Waals surface area contributed by atoms with Crippen molar-refractivity contribution in [3.05, 3.63) is 54.1 Å². The van der Waals surface area contributed by atoms with Crippen LogP contribution in [0.4, 0.5) is 0 Å². The molecule has 1 aromatic carbocycles. The van der Waals surface area contributed by atoms with Gasteiger partial charge >= 0.3 is 5.97 Å². The first-order valence-electron chi connectivity index (χ1n) is 44.6. The number of H-pyrrole nitrogens is 1. The molecule has 0 saturated carbocycles. The van der Waals surface area contributed by atoms with Crippen LogP contribution in [-0.2, 0) is 89.6 Å². The number of hydrogen-bond acceptors (Lipinski definition) is 23. The van der Waals surface area contributed by atoms with Crippen molar-refractivity contribution in [2.45, 2.75) is 284 Å². The van der Waals surface area contributed by atoms with Gasteiger partial charge in [-0.05, 0) is 155 Å². The number of carboxylic acid groups (broad SMARTS) is 1. The molecule has 130 heavy (non-hydrogen) atoms. The summed E-state index contributed by atoms with van der Waals surface area (Å²) < 4.78 is 0. The molecule has 0 fully saturated rings. The first-order chi connectivity index (χ1) is 61.2. The molecule has 1 heterocycles. The molecular weight excluding hydrogens is 1720 g/mol. The van der Waals surface area contributed by atoms with Crippen LogP contribution in [0.1, 0.15) is 198 Å². The number of thiol groups is 1. The van der Waals surface area contributed by atoms with E-state index in [4.69, 9.17) is 34.4 Å². The monoisotopic (exact) mass is 1870 g/mol. The fourth-order valence-corrected chi connectivity index (χ4v) is 14.3. The van der Waals surface area contributed by atoms with E-state index in [1.807, 2.05) is 20.1 Å². The van der Waals surface area contributed by atoms with E-state index in [-0.39, 0.29) is 156 Å². The molecule has 732 valence electrons. The molecule has 44 heteroatoms. The Kier molecular flexibility index (Phi) is 54.6. The van der Waals surface area contributed by atoms with E-state index in [1.54, 1.807) is 113 Å². The number of aliphatic carboxylic acids is 1. The number of carbonyl (C=O) groups excluding carboxylic acids is 15. The number of nitrogens with zero attached hydrogens (tertiary/aromatic N) is 3. The Hall–Kier alpha value is -10.9. The number of nitrogens with one attached hydrogen (secondary N) is 16. The minimum atomic E-state index is -1.45. The van der Waals surface area contributed by atoms with Crippen LogP contribution in [0.15, 0.2) is 52.8 Å². The topological polar surface area (TPSA) is 683 Å². The maximum Gasteiger partial charge on any atom is 0.326 e. The van der Waals surface area contributed by atoms with Crippen molar-refractivity contribution in [2.75, 3.05) is 50.5 Å². The first kappa shape index (κ1) is 115. The highest BCUT2D eigenvalue weighted by Crippen LogP contribution is 2.18. The number of carboxylic acids is 1. The van der Waals surface area contributed by atoms with Gasteiger partial charge in [0.1, 0.15) is 78.5 Å². The molecule has 0 aliphatic heterocycles. The number of benzene rings is 1. The van der Waals surface area contributed by atoms with Crippen LogP contribution in [0.25, 0.3) is 0 Å². The highest BCUT2D eigenvalue weighted by molar-refractivity contribution is 7.98. The second kappa shape index (κ2) is 61.6. The number of imidazole rings is 1. The van der Waals surface area contributed by atoms with Gasteiger partial charge in [-0.1, -0.05) is 127 Å². The maximum absolute atomic E-state index is 14.7. The van der Waals surface area contributed by atoms with Gasteiger partial charge in [-0.3, -0.25) is 81.9 Å². The van der Waals surface area contributed by atoms with Crippen molar-refractivity contribution in [1.29, 1.82) is 0 Å². The molecule has 15 amide bonds. The molecule has 0 radical (unpaired) electrons. The predicted molar refractivity (Wildman–Crippen MR) is 500 cm³/mol. The zero-order valence-electron chi connectivity index (χ0n) is 78.1. The SMILES string of the molecule is CSCC[C@H](N)C(=O)N[C@@H](CCCN=C(N)N)C(=O)NCC(=O)N[C@@H](CCCCN)C(=O)N[C@@H](Cc1cnc[nH]1)C(=O)N[C@H](C(=O)N[C@@H](CS)C(=O)N[C@@H](CC(C)C)C(=O)N[C@@H](CC(C)C)C(=O)N[C@@H](CC(C)C)C(=O)N[C@@H](CC(C)C)C(=O)N[C@@H](CC(C)C)C(=O)N[C@@H](CC(C)C)C(=O)NCC(=O)N[C@@H](CCCN=C(N)N)C(=O)N[C@@H](Cc1ccccc1)C(=O)O)C(C)C. The van der Waals surface area contributed by atoms with Crippen molar-refractivity contribution in [3.8, 4) is 0 Å². The third-order valence-corrected chi connectivity index (χ3v) is 21.2. The van der Waals surface area contributed by atoms with Crippen molar-refractivity contribution >= 4 is 131 Å². The highest BCUT2D eigenvalue weighted by Gasteiger charge is 2.39. The lowest BCUT2D eigenvalue weighted by Crippen LogP contribution is -2.62. The van der Waals surface area contributed by atoms with Gasteiger partial charge < -0.3 is 124 Å². The molecule has 0 aliphatic rings. The lowest BCUT2D eigenvalue weighted by atomic mass is 9.97. The Morgan fingerprint density at radius 3 is 1.10 bits per heavy atom. The Morgan fingerprint density at radius 1 is 0.408 bits per heavy atom. The molecular formula is C86H149N25O17S2. The molecule has 2 aromatic rings. The van der Waals surface area contributed by atoms with Gasteiger partial charge in [0.25, 0.3) is 0 Å². The highest BCUT2D eigenvalue weighted by atomic mass is 32.2. The van der Waals surface area contributed by atoms with Gasteiger partial charge in [0, 0.05) is 43.6 Å². The predicted octanol–water partition coefficient (Wildman–Crippen LogP) is -2.01. The number of thioether (sulfide) groups is 1. The lowest BCUT2D eigenvalue weighted by Gasteiger charge is -2.30. The average Bonchev–Trinajstić information content (AvgIpc) is 1.01. The van der Waals surface area contributed by atoms with Gasteiger partial charge in [-0.25, -0.2) is 9.78 Å². The second-order valence-corrected chi connectivity index (χ2v) is 36.7. The molecule has 14 atom stereocenters. The van der Waals surface area contributed by atoms with Gasteiger partial charge in [0.2, 0.25) is 88.6 Å². The summed E-state index contributed by atoms with van der Waals surface area (Å²) in [6.45, 7) is 24.0. The summed E-state index contributed by atoms with van der Waals surface area (Å²) in [5, 5.41) is 50.1. The van der Waals surface area contributed by atoms with Crippen molar-refractivity contribution in [2.24, 2.45) is 85.8 Å². The van der Waals surface area contributed by atoms with Crippen LogP contribution < -0.4 is 114 Å². The van der Waals surface area contributed by atoms with E-state index >= 15 is 0 Å². The van der Waals surface area contributed by atoms with Crippen LogP contribution in [0.2, 0.25) is 0 Å². The van der Waals surface area contributed by atoms with Gasteiger partial charge in [-0.2, -0.15) is 24.4 Å². The van der Waals surface area contributed by atoms with Gasteiger partial charge in [0.05, 0.1) is 25.5 Å². The van der Waals surface area contributed by atoms with E-state index < -0.39 is 198 Å². The Balaban J connectivity index is 2.41. The number of aromatic nitrogens is 2. The number of unbranched alkanes of at least 4 members (excludes halogenated alkanes) is 1. The molecule has 0 unspecified atom stereocenters. The Labute approximate surface area is 773 Å². The number of rotatable bonds is 64. The van der Waals surface area contributed by atoms with E-state index in [0.717, 1.165) is 0 Å². The molecule has 0 spiro atoms. The minimum absolute atomic E-state index is 0.0153. The van der Waals surface area contributed by atoms with Crippen LogP contribution in [0.3, 0.4) is 0 Å². The van der Waals surface area contributed by atoms with E-state index in [0.29, 0.717) is 36.3 Å². The zero-order valence-corrected chi connectivity index (χ0v) is 79.8. The smallest absolute Gasteiger partial charge is 0.326 e. The number of hydrogen-bond donors (Lipinski definition) is 24.